The second-order valence-electron chi connectivity index (χ2n) is 1.88. The van der Waals surface area contributed by atoms with E-state index in [1.165, 1.54) is 0 Å². The average Bonchev–Trinajstić information content (AvgIpc) is 1.84. The number of hydrogen-bond acceptors (Lipinski definition) is 1. The molecule has 0 aromatic rings. The van der Waals surface area contributed by atoms with Crippen LogP contribution in [-0.4, -0.2) is 27.2 Å². The summed E-state index contributed by atoms with van der Waals surface area (Å²) in [5.74, 6) is 1.02. The Kier molecular flexibility index (Phi) is 3.60. The molecule has 49 valence electrons. The highest BCUT2D eigenvalue weighted by molar-refractivity contribution is 6.00. The van der Waals surface area contributed by atoms with Gasteiger partial charge in [0.05, 0.1) is 12.5 Å². The van der Waals surface area contributed by atoms with Gasteiger partial charge in [-0.25, -0.2) is 0 Å². The zero-order valence-electron chi connectivity index (χ0n) is 5.93. The molecule has 0 aromatic carbocycles. The summed E-state index contributed by atoms with van der Waals surface area (Å²) in [6, 6.07) is 0. The molecule has 9 heavy (non-hydrogen) atoms. The first-order valence-electron chi connectivity index (χ1n) is 2.66. The SMILES string of the molecule is CC(=[OH+])/C(C)=C(/C)[O][Al-]. The molecule has 0 heterocycles. The summed E-state index contributed by atoms with van der Waals surface area (Å²) < 4.78 is 4.79. The molecular weight excluding hydrogens is 131 g/mol. The van der Waals surface area contributed by atoms with Gasteiger partial charge in [0.25, 0.3) is 0 Å². The van der Waals surface area contributed by atoms with Crippen molar-refractivity contribution in [2.75, 3.05) is 0 Å². The van der Waals surface area contributed by atoms with E-state index in [0.717, 1.165) is 11.3 Å². The fourth-order valence-corrected chi connectivity index (χ4v) is 0.520. The van der Waals surface area contributed by atoms with Crippen molar-refractivity contribution in [3.05, 3.63) is 11.3 Å². The maximum atomic E-state index is 8.89. The first-order chi connectivity index (χ1) is 4.09. The third-order valence-electron chi connectivity index (χ3n) is 1.25. The maximum absolute atomic E-state index is 8.89. The standard InChI is InChI=1S/C6H10O2.Al/c1-4(5(2)7)6(3)8;/h7H,1-3H3;/b5-4-;. The summed E-state index contributed by atoms with van der Waals surface area (Å²) in [5.41, 5.74) is 0.782. The Morgan fingerprint density at radius 2 is 1.78 bits per heavy atom. The van der Waals surface area contributed by atoms with E-state index >= 15 is 0 Å². The Hall–Kier alpha value is -0.258. The van der Waals surface area contributed by atoms with Crippen LogP contribution < -0.4 is 0 Å². The van der Waals surface area contributed by atoms with E-state index < -0.39 is 0 Å². The quantitative estimate of drug-likeness (QED) is 0.244. The van der Waals surface area contributed by atoms with Gasteiger partial charge in [-0.1, -0.05) is 0 Å². The summed E-state index contributed by atoms with van der Waals surface area (Å²) in [5, 5.41) is 0. The smallest absolute Gasteiger partial charge is 0.319 e. The molecule has 0 aliphatic carbocycles. The minimum Gasteiger partial charge on any atom is -0.881 e. The molecule has 0 aromatic heterocycles. The van der Waals surface area contributed by atoms with Crippen LogP contribution in [-0.2, 0) is 3.79 Å². The molecule has 0 saturated carbocycles. The second-order valence-corrected chi connectivity index (χ2v) is 2.12. The van der Waals surface area contributed by atoms with Crippen LogP contribution in [0.2, 0.25) is 0 Å². The lowest BCUT2D eigenvalue weighted by atomic mass is 10.2. The largest absolute Gasteiger partial charge is 0.881 e. The molecule has 0 unspecified atom stereocenters. The second kappa shape index (κ2) is 3.71. The fourth-order valence-electron chi connectivity index (χ4n) is 0.343. The number of hydrogen-bond donors (Lipinski definition) is 0. The van der Waals surface area contributed by atoms with E-state index in [4.69, 9.17) is 8.58 Å². The molecule has 0 amide bonds. The first kappa shape index (κ1) is 8.74. The molecule has 0 aliphatic heterocycles. The van der Waals surface area contributed by atoms with Crippen molar-refractivity contribution >= 4 is 22.4 Å². The summed E-state index contributed by atoms with van der Waals surface area (Å²) >= 11 is 2.13. The minimum atomic E-state index is 0.301. The van der Waals surface area contributed by atoms with Gasteiger partial charge in [-0.05, 0) is 13.8 Å². The lowest BCUT2D eigenvalue weighted by Crippen LogP contribution is -1.97. The average molecular weight is 141 g/mol. The molecule has 0 atom stereocenters. The van der Waals surface area contributed by atoms with Crippen molar-refractivity contribution in [3.8, 4) is 0 Å². The van der Waals surface area contributed by atoms with E-state index in [9.17, 15) is 0 Å². The number of carbonyl (C=O) groups excluding carboxylic acids is 1. The van der Waals surface area contributed by atoms with Crippen LogP contribution in [0.5, 0.6) is 0 Å². The normalized spacial score (nSPS) is 12.4. The lowest BCUT2D eigenvalue weighted by molar-refractivity contribution is 0.467. The molecule has 3 radical (unpaired) electrons. The van der Waals surface area contributed by atoms with Crippen molar-refractivity contribution in [3.63, 3.8) is 0 Å². The van der Waals surface area contributed by atoms with Gasteiger partial charge >= 0.3 is 5.78 Å². The van der Waals surface area contributed by atoms with Gasteiger partial charge in [0.2, 0.25) is 0 Å². The Balaban J connectivity index is 4.28. The van der Waals surface area contributed by atoms with E-state index in [-0.39, 0.29) is 0 Å². The Morgan fingerprint density at radius 1 is 1.33 bits per heavy atom. The van der Waals surface area contributed by atoms with Crippen LogP contribution >= 0.6 is 0 Å². The summed E-state index contributed by atoms with van der Waals surface area (Å²) in [6.45, 7) is 5.22. The van der Waals surface area contributed by atoms with Gasteiger partial charge in [-0.3, -0.25) is 21.4 Å². The highest BCUT2D eigenvalue weighted by Crippen LogP contribution is 2.02. The molecule has 0 saturated heterocycles. The zero-order chi connectivity index (χ0) is 7.44. The number of rotatable bonds is 2. The van der Waals surface area contributed by atoms with Gasteiger partial charge in [-0.15, -0.1) is 0 Å². The highest BCUT2D eigenvalue weighted by atomic mass is 27.1. The van der Waals surface area contributed by atoms with Crippen molar-refractivity contribution in [1.82, 2.24) is 0 Å². The maximum Gasteiger partial charge on any atom is 0.319 e. The van der Waals surface area contributed by atoms with Crippen LogP contribution in [0, 0.1) is 0 Å². The van der Waals surface area contributed by atoms with Crippen LogP contribution in [0.1, 0.15) is 20.8 Å². The molecule has 0 spiro atoms. The van der Waals surface area contributed by atoms with Crippen molar-refractivity contribution < 1.29 is 8.58 Å². The molecule has 3 heteroatoms. The van der Waals surface area contributed by atoms with Gasteiger partial charge < -0.3 is 3.79 Å². The van der Waals surface area contributed by atoms with E-state index in [1.807, 2.05) is 0 Å². The van der Waals surface area contributed by atoms with Crippen molar-refractivity contribution in [2.24, 2.45) is 0 Å². The summed E-state index contributed by atoms with van der Waals surface area (Å²) in [7, 11) is 0. The molecular formula is C6H10AlO2. The van der Waals surface area contributed by atoms with Crippen LogP contribution in [0.4, 0.5) is 0 Å². The van der Waals surface area contributed by atoms with Crippen molar-refractivity contribution in [2.45, 2.75) is 20.8 Å². The summed E-state index contributed by atoms with van der Waals surface area (Å²) in [6.07, 6.45) is 0. The van der Waals surface area contributed by atoms with Crippen LogP contribution in [0.3, 0.4) is 0 Å². The number of ketones is 1. The zero-order valence-corrected chi connectivity index (χ0v) is 7.09. The van der Waals surface area contributed by atoms with Gasteiger partial charge in [0.15, 0.2) is 0 Å². The molecule has 0 bridgehead atoms. The summed E-state index contributed by atoms with van der Waals surface area (Å²) in [4.78, 5) is 8.89. The Labute approximate surface area is 63.6 Å². The first-order valence-corrected chi connectivity index (χ1v) is 3.13. The van der Waals surface area contributed by atoms with Crippen molar-refractivity contribution in [1.29, 1.82) is 0 Å². The van der Waals surface area contributed by atoms with E-state index in [2.05, 4.69) is 16.6 Å². The Morgan fingerprint density at radius 3 is 1.89 bits per heavy atom. The number of allylic oxidation sites excluding steroid dienone is 2. The van der Waals surface area contributed by atoms with Gasteiger partial charge in [0.1, 0.15) is 0 Å². The van der Waals surface area contributed by atoms with Gasteiger partial charge in [0, 0.05) is 5.76 Å². The third kappa shape index (κ3) is 2.69. The van der Waals surface area contributed by atoms with E-state index in [1.54, 1.807) is 20.8 Å². The topological polar surface area (TPSA) is 30.6 Å². The minimum absolute atomic E-state index is 0.301. The fraction of sp³-hybridized carbons (Fsp3) is 0.500. The molecule has 0 fully saturated rings. The molecule has 1 N–H and O–H groups in total. The third-order valence-corrected chi connectivity index (χ3v) is 1.60. The van der Waals surface area contributed by atoms with E-state index in [0.29, 0.717) is 5.78 Å². The lowest BCUT2D eigenvalue weighted by Gasteiger charge is -2.16. The monoisotopic (exact) mass is 141 g/mol. The predicted octanol–water partition coefficient (Wildman–Crippen LogP) is 0.945. The van der Waals surface area contributed by atoms with Gasteiger partial charge in [-0.2, -0.15) is 0 Å². The molecule has 0 rings (SSSR count). The van der Waals surface area contributed by atoms with Crippen LogP contribution in [0.15, 0.2) is 11.3 Å². The highest BCUT2D eigenvalue weighted by Gasteiger charge is 2.03. The Bertz CT molecular complexity index is 149. The molecule has 0 aliphatic rings. The predicted molar refractivity (Wildman–Crippen MR) is 37.8 cm³/mol. The van der Waals surface area contributed by atoms with Crippen LogP contribution in [0.25, 0.3) is 0 Å². The molecule has 2 nitrogen and oxygen atoms in total.